The third-order valence-corrected chi connectivity index (χ3v) is 4.37. The number of anilines is 3. The highest BCUT2D eigenvalue weighted by atomic mass is 79.9. The van der Waals surface area contributed by atoms with Crippen LogP contribution in [0.5, 0.6) is 0 Å². The Balaban J connectivity index is 2.10. The van der Waals surface area contributed by atoms with Gasteiger partial charge in [0.2, 0.25) is 5.91 Å². The first-order valence-electron chi connectivity index (χ1n) is 8.34. The summed E-state index contributed by atoms with van der Waals surface area (Å²) >= 11 is 3.38. The van der Waals surface area contributed by atoms with Gasteiger partial charge >= 0.3 is 6.09 Å². The Labute approximate surface area is 160 Å². The lowest BCUT2D eigenvalue weighted by molar-refractivity contribution is -0.117. The summed E-state index contributed by atoms with van der Waals surface area (Å²) in [5, 5.41) is 2.69. The number of hydrogen-bond donors (Lipinski definition) is 1. The summed E-state index contributed by atoms with van der Waals surface area (Å²) in [4.78, 5) is 26.0. The average Bonchev–Trinajstić information content (AvgIpc) is 2.77. The highest BCUT2D eigenvalue weighted by Crippen LogP contribution is 2.38. The van der Waals surface area contributed by atoms with Gasteiger partial charge in [-0.1, -0.05) is 52.3 Å². The first kappa shape index (κ1) is 18.2. The number of amides is 2. The van der Waals surface area contributed by atoms with Gasteiger partial charge in [0.15, 0.2) is 0 Å². The van der Waals surface area contributed by atoms with E-state index in [0.717, 1.165) is 16.8 Å². The van der Waals surface area contributed by atoms with Gasteiger partial charge < -0.3 is 4.74 Å². The highest BCUT2D eigenvalue weighted by Gasteiger charge is 2.26. The molecule has 2 aromatic carbocycles. The van der Waals surface area contributed by atoms with Crippen LogP contribution in [0, 0.1) is 0 Å². The predicted molar refractivity (Wildman–Crippen MR) is 108 cm³/mol. The largest absolute Gasteiger partial charge is 0.450 e. The van der Waals surface area contributed by atoms with E-state index < -0.39 is 6.09 Å². The Bertz CT molecular complexity index is 877. The van der Waals surface area contributed by atoms with Crippen LogP contribution in [-0.4, -0.2) is 23.4 Å². The molecule has 6 heteroatoms. The van der Waals surface area contributed by atoms with Crippen molar-refractivity contribution >= 4 is 57.1 Å². The van der Waals surface area contributed by atoms with Crippen LogP contribution in [0.4, 0.5) is 21.9 Å². The number of nitrogens with zero attached hydrogens (tertiary/aromatic N) is 1. The Kier molecular flexibility index (Phi) is 5.42. The molecule has 0 bridgehead atoms. The molecule has 134 valence electrons. The lowest BCUT2D eigenvalue weighted by Crippen LogP contribution is -2.32. The van der Waals surface area contributed by atoms with Crippen molar-refractivity contribution in [3.8, 4) is 0 Å². The van der Waals surface area contributed by atoms with Crippen molar-refractivity contribution in [3.63, 3.8) is 0 Å². The van der Waals surface area contributed by atoms with Crippen LogP contribution in [0.25, 0.3) is 12.2 Å². The standard InChI is InChI=1S/C20H19BrN2O3/c1-3-26-20(25)22-16-11-10-15-9-8-14-6-4-5-7-17(14)23(18(15)12-16)19(24)13(2)21/h4-13H,3H2,1-2H3,(H,22,25). The molecule has 0 spiro atoms. The number of rotatable bonds is 3. The van der Waals surface area contributed by atoms with Gasteiger partial charge in [-0.05, 0) is 43.2 Å². The van der Waals surface area contributed by atoms with E-state index in [1.165, 1.54) is 0 Å². The maximum Gasteiger partial charge on any atom is 0.411 e. The van der Waals surface area contributed by atoms with E-state index in [4.69, 9.17) is 4.74 Å². The second-order valence-electron chi connectivity index (χ2n) is 5.80. The summed E-state index contributed by atoms with van der Waals surface area (Å²) < 4.78 is 4.93. The van der Waals surface area contributed by atoms with E-state index >= 15 is 0 Å². The summed E-state index contributed by atoms with van der Waals surface area (Å²) in [6.45, 7) is 3.83. The molecule has 0 fully saturated rings. The average molecular weight is 415 g/mol. The second kappa shape index (κ2) is 7.74. The normalized spacial score (nSPS) is 13.3. The molecule has 0 aliphatic carbocycles. The van der Waals surface area contributed by atoms with Gasteiger partial charge in [0.1, 0.15) is 0 Å². The summed E-state index contributed by atoms with van der Waals surface area (Å²) in [6.07, 6.45) is 3.43. The fourth-order valence-corrected chi connectivity index (χ4v) is 3.00. The molecule has 0 aromatic heterocycles. The van der Waals surface area contributed by atoms with Gasteiger partial charge in [-0.2, -0.15) is 0 Å². The summed E-state index contributed by atoms with van der Waals surface area (Å²) in [7, 11) is 0. The minimum atomic E-state index is -0.524. The Morgan fingerprint density at radius 2 is 1.81 bits per heavy atom. The zero-order valence-corrected chi connectivity index (χ0v) is 16.1. The van der Waals surface area contributed by atoms with Crippen molar-refractivity contribution in [3.05, 3.63) is 53.6 Å². The predicted octanol–water partition coefficient (Wildman–Crippen LogP) is 5.19. The first-order valence-corrected chi connectivity index (χ1v) is 9.25. The maximum absolute atomic E-state index is 13.0. The van der Waals surface area contributed by atoms with Crippen molar-refractivity contribution in [1.29, 1.82) is 0 Å². The number of hydrogen-bond acceptors (Lipinski definition) is 3. The number of fused-ring (bicyclic) bond motifs is 2. The number of ether oxygens (including phenoxy) is 1. The molecule has 1 heterocycles. The van der Waals surface area contributed by atoms with Crippen LogP contribution >= 0.6 is 15.9 Å². The number of alkyl halides is 1. The minimum Gasteiger partial charge on any atom is -0.450 e. The SMILES string of the molecule is CCOC(=O)Nc1ccc2c(c1)N(C(=O)C(C)Br)c1ccccc1C=C2. The van der Waals surface area contributed by atoms with E-state index in [1.807, 2.05) is 42.5 Å². The van der Waals surface area contributed by atoms with Gasteiger partial charge in [0.25, 0.3) is 0 Å². The number of halogens is 1. The van der Waals surface area contributed by atoms with Gasteiger partial charge in [-0.3, -0.25) is 15.0 Å². The monoisotopic (exact) mass is 414 g/mol. The first-order chi connectivity index (χ1) is 12.5. The smallest absolute Gasteiger partial charge is 0.411 e. The molecule has 0 radical (unpaired) electrons. The van der Waals surface area contributed by atoms with Crippen molar-refractivity contribution in [1.82, 2.24) is 0 Å². The molecular weight excluding hydrogens is 396 g/mol. The lowest BCUT2D eigenvalue weighted by Gasteiger charge is -2.26. The van der Waals surface area contributed by atoms with Crippen LogP contribution in [0.3, 0.4) is 0 Å². The second-order valence-corrected chi connectivity index (χ2v) is 7.17. The van der Waals surface area contributed by atoms with Crippen LogP contribution in [0.1, 0.15) is 25.0 Å². The molecule has 0 saturated carbocycles. The van der Waals surface area contributed by atoms with Crippen LogP contribution in [0.2, 0.25) is 0 Å². The maximum atomic E-state index is 13.0. The molecule has 1 aliphatic heterocycles. The summed E-state index contributed by atoms with van der Waals surface area (Å²) in [5.41, 5.74) is 3.90. The Morgan fingerprint density at radius 1 is 1.12 bits per heavy atom. The number of carbonyl (C=O) groups excluding carboxylic acids is 2. The molecule has 5 nitrogen and oxygen atoms in total. The number of nitrogens with one attached hydrogen (secondary N) is 1. The fraction of sp³-hybridized carbons (Fsp3) is 0.200. The fourth-order valence-electron chi connectivity index (χ4n) is 2.80. The van der Waals surface area contributed by atoms with E-state index in [2.05, 4.69) is 21.2 Å². The van der Waals surface area contributed by atoms with Gasteiger partial charge in [0.05, 0.1) is 22.8 Å². The molecule has 1 atom stereocenters. The molecule has 1 N–H and O–H groups in total. The van der Waals surface area contributed by atoms with Crippen molar-refractivity contribution in [2.75, 3.05) is 16.8 Å². The van der Waals surface area contributed by atoms with Crippen LogP contribution in [0.15, 0.2) is 42.5 Å². The number of benzene rings is 2. The molecule has 3 rings (SSSR count). The van der Waals surface area contributed by atoms with E-state index in [1.54, 1.807) is 30.9 Å². The van der Waals surface area contributed by atoms with Crippen LogP contribution < -0.4 is 10.2 Å². The quantitative estimate of drug-likeness (QED) is 0.703. The lowest BCUT2D eigenvalue weighted by atomic mass is 10.1. The van der Waals surface area contributed by atoms with Crippen molar-refractivity contribution in [2.24, 2.45) is 0 Å². The third kappa shape index (κ3) is 3.65. The van der Waals surface area contributed by atoms with Gasteiger partial charge in [-0.15, -0.1) is 0 Å². The molecule has 2 amide bonds. The summed E-state index contributed by atoms with van der Waals surface area (Å²) in [5.74, 6) is -0.0873. The highest BCUT2D eigenvalue weighted by molar-refractivity contribution is 9.10. The molecule has 1 unspecified atom stereocenters. The molecule has 2 aromatic rings. The summed E-state index contributed by atoms with van der Waals surface area (Å²) in [6, 6.07) is 13.2. The molecule has 0 saturated heterocycles. The van der Waals surface area contributed by atoms with Crippen molar-refractivity contribution < 1.29 is 14.3 Å². The molecule has 26 heavy (non-hydrogen) atoms. The third-order valence-electron chi connectivity index (χ3n) is 3.97. The minimum absolute atomic E-state index is 0.0873. The van der Waals surface area contributed by atoms with Gasteiger partial charge in [-0.25, -0.2) is 4.79 Å². The van der Waals surface area contributed by atoms with Crippen LogP contribution in [-0.2, 0) is 9.53 Å². The Morgan fingerprint density at radius 3 is 2.50 bits per heavy atom. The van der Waals surface area contributed by atoms with E-state index in [-0.39, 0.29) is 10.7 Å². The topological polar surface area (TPSA) is 58.6 Å². The molecule has 1 aliphatic rings. The zero-order valence-electron chi connectivity index (χ0n) is 14.5. The number of carbonyl (C=O) groups is 2. The van der Waals surface area contributed by atoms with E-state index in [0.29, 0.717) is 18.0 Å². The Hall–Kier alpha value is -2.60. The number of para-hydroxylation sites is 1. The zero-order chi connectivity index (χ0) is 18.7. The van der Waals surface area contributed by atoms with Gasteiger partial charge in [0, 0.05) is 5.69 Å². The van der Waals surface area contributed by atoms with Crippen molar-refractivity contribution in [2.45, 2.75) is 18.7 Å². The molecular formula is C20H19BrN2O3. The van der Waals surface area contributed by atoms with E-state index in [9.17, 15) is 9.59 Å².